The molecule has 0 saturated heterocycles. The first-order chi connectivity index (χ1) is 10.6. The van der Waals surface area contributed by atoms with Crippen LogP contribution in [-0.4, -0.2) is 25.5 Å². The molecule has 0 saturated carbocycles. The molecule has 0 bridgehead atoms. The van der Waals surface area contributed by atoms with Crippen LogP contribution in [0.1, 0.15) is 23.4 Å². The standard InChI is InChI=1S/C17H19IN4/c1-12-20-10-15(17(19)21-12)11-22-8-7-14(9-16(22)18)13-5-3-2-4-6-13/h2-7,10,16H,8-9,11H2,1H3,(H2,19,20,21). The zero-order valence-electron chi connectivity index (χ0n) is 12.5. The topological polar surface area (TPSA) is 55.0 Å². The van der Waals surface area contributed by atoms with Gasteiger partial charge in [-0.15, -0.1) is 0 Å². The van der Waals surface area contributed by atoms with Gasteiger partial charge in [-0.2, -0.15) is 0 Å². The Morgan fingerprint density at radius 2 is 2.09 bits per heavy atom. The van der Waals surface area contributed by atoms with E-state index in [0.29, 0.717) is 9.87 Å². The minimum atomic E-state index is 0.443. The van der Waals surface area contributed by atoms with E-state index >= 15 is 0 Å². The second-order valence-electron chi connectivity index (χ2n) is 5.49. The van der Waals surface area contributed by atoms with E-state index in [2.05, 4.69) is 73.9 Å². The molecular formula is C17H19IN4. The van der Waals surface area contributed by atoms with Gasteiger partial charge in [-0.05, 0) is 24.5 Å². The van der Waals surface area contributed by atoms with Gasteiger partial charge in [0, 0.05) is 24.8 Å². The first-order valence-corrected chi connectivity index (χ1v) is 8.58. The normalized spacial score (nSPS) is 19.0. The molecule has 3 rings (SSSR count). The van der Waals surface area contributed by atoms with Crippen molar-refractivity contribution in [2.24, 2.45) is 0 Å². The van der Waals surface area contributed by atoms with Gasteiger partial charge in [-0.25, -0.2) is 9.97 Å². The molecule has 22 heavy (non-hydrogen) atoms. The van der Waals surface area contributed by atoms with Crippen LogP contribution < -0.4 is 5.73 Å². The number of hydrogen-bond acceptors (Lipinski definition) is 4. The van der Waals surface area contributed by atoms with Crippen molar-refractivity contribution in [3.63, 3.8) is 0 Å². The Morgan fingerprint density at radius 1 is 1.32 bits per heavy atom. The molecule has 1 aliphatic heterocycles. The lowest BCUT2D eigenvalue weighted by Gasteiger charge is -2.32. The van der Waals surface area contributed by atoms with E-state index < -0.39 is 0 Å². The Labute approximate surface area is 144 Å². The molecule has 1 aromatic carbocycles. The van der Waals surface area contributed by atoms with Crippen LogP contribution in [0.15, 0.2) is 42.6 Å². The summed E-state index contributed by atoms with van der Waals surface area (Å²) in [4.78, 5) is 10.9. The Bertz CT molecular complexity index is 684. The van der Waals surface area contributed by atoms with Crippen molar-refractivity contribution in [3.05, 3.63) is 59.6 Å². The molecule has 5 heteroatoms. The van der Waals surface area contributed by atoms with Crippen LogP contribution in [0, 0.1) is 6.92 Å². The zero-order chi connectivity index (χ0) is 15.5. The van der Waals surface area contributed by atoms with Gasteiger partial charge in [0.15, 0.2) is 0 Å². The maximum absolute atomic E-state index is 6.01. The molecule has 0 fully saturated rings. The lowest BCUT2D eigenvalue weighted by molar-refractivity contribution is 0.280. The molecule has 0 spiro atoms. The van der Waals surface area contributed by atoms with Gasteiger partial charge < -0.3 is 5.73 Å². The third kappa shape index (κ3) is 3.47. The highest BCUT2D eigenvalue weighted by molar-refractivity contribution is 14.1. The number of hydrogen-bond donors (Lipinski definition) is 1. The second-order valence-corrected chi connectivity index (χ2v) is 6.93. The predicted octanol–water partition coefficient (Wildman–Crippen LogP) is 3.42. The van der Waals surface area contributed by atoms with Crippen molar-refractivity contribution >= 4 is 34.0 Å². The van der Waals surface area contributed by atoms with Crippen LogP contribution in [0.3, 0.4) is 0 Å². The molecule has 1 aliphatic rings. The molecule has 1 unspecified atom stereocenters. The molecular weight excluding hydrogens is 387 g/mol. The Kier molecular flexibility index (Phi) is 4.73. The van der Waals surface area contributed by atoms with Gasteiger partial charge >= 0.3 is 0 Å². The minimum absolute atomic E-state index is 0.443. The fourth-order valence-corrected chi connectivity index (χ4v) is 3.54. The zero-order valence-corrected chi connectivity index (χ0v) is 14.7. The summed E-state index contributed by atoms with van der Waals surface area (Å²) in [6.45, 7) is 3.57. The minimum Gasteiger partial charge on any atom is -0.383 e. The number of halogens is 1. The average molecular weight is 406 g/mol. The monoisotopic (exact) mass is 406 g/mol. The Balaban J connectivity index is 1.74. The molecule has 0 aliphatic carbocycles. The van der Waals surface area contributed by atoms with E-state index in [-0.39, 0.29) is 0 Å². The predicted molar refractivity (Wildman–Crippen MR) is 98.4 cm³/mol. The highest BCUT2D eigenvalue weighted by Gasteiger charge is 2.22. The number of rotatable bonds is 3. The number of alkyl halides is 1. The van der Waals surface area contributed by atoms with Crippen LogP contribution in [0.25, 0.3) is 5.57 Å². The van der Waals surface area contributed by atoms with Crippen LogP contribution in [0.5, 0.6) is 0 Å². The molecule has 1 atom stereocenters. The number of nitrogen functional groups attached to an aromatic ring is 1. The van der Waals surface area contributed by atoms with Crippen molar-refractivity contribution in [1.29, 1.82) is 0 Å². The summed E-state index contributed by atoms with van der Waals surface area (Å²) in [6.07, 6.45) is 5.20. The first kappa shape index (κ1) is 15.4. The van der Waals surface area contributed by atoms with Crippen LogP contribution in [-0.2, 0) is 6.54 Å². The molecule has 1 aromatic heterocycles. The van der Waals surface area contributed by atoms with Gasteiger partial charge in [0.1, 0.15) is 11.6 Å². The van der Waals surface area contributed by atoms with Crippen LogP contribution in [0.4, 0.5) is 5.82 Å². The summed E-state index contributed by atoms with van der Waals surface area (Å²) in [5.41, 5.74) is 9.75. The highest BCUT2D eigenvalue weighted by Crippen LogP contribution is 2.30. The van der Waals surface area contributed by atoms with Gasteiger partial charge in [0.05, 0.1) is 4.05 Å². The van der Waals surface area contributed by atoms with E-state index in [1.54, 1.807) is 0 Å². The molecule has 2 N–H and O–H groups in total. The van der Waals surface area contributed by atoms with E-state index in [1.165, 1.54) is 11.1 Å². The number of benzene rings is 1. The number of nitrogens with zero attached hydrogens (tertiary/aromatic N) is 3. The Morgan fingerprint density at radius 3 is 2.77 bits per heavy atom. The number of aryl methyl sites for hydroxylation is 1. The smallest absolute Gasteiger partial charge is 0.131 e. The fraction of sp³-hybridized carbons (Fsp3) is 0.294. The van der Waals surface area contributed by atoms with E-state index in [1.807, 2.05) is 13.1 Å². The molecule has 4 nitrogen and oxygen atoms in total. The molecule has 0 amide bonds. The average Bonchev–Trinajstić information content (AvgIpc) is 2.52. The molecule has 2 heterocycles. The second kappa shape index (κ2) is 6.75. The lowest BCUT2D eigenvalue weighted by Crippen LogP contribution is -2.34. The van der Waals surface area contributed by atoms with E-state index in [4.69, 9.17) is 5.73 Å². The van der Waals surface area contributed by atoms with Gasteiger partial charge in [0.25, 0.3) is 0 Å². The number of anilines is 1. The summed E-state index contributed by atoms with van der Waals surface area (Å²) in [5, 5.41) is 0. The van der Waals surface area contributed by atoms with Crippen molar-refractivity contribution in [1.82, 2.24) is 14.9 Å². The van der Waals surface area contributed by atoms with E-state index in [9.17, 15) is 0 Å². The number of aromatic nitrogens is 2. The highest BCUT2D eigenvalue weighted by atomic mass is 127. The van der Waals surface area contributed by atoms with Crippen LogP contribution in [0.2, 0.25) is 0 Å². The Hall–Kier alpha value is -1.47. The quantitative estimate of drug-likeness (QED) is 0.482. The maximum atomic E-state index is 6.01. The largest absolute Gasteiger partial charge is 0.383 e. The van der Waals surface area contributed by atoms with Crippen molar-refractivity contribution in [2.75, 3.05) is 12.3 Å². The third-order valence-electron chi connectivity index (χ3n) is 3.89. The number of nitrogens with two attached hydrogens (primary N) is 1. The summed E-state index contributed by atoms with van der Waals surface area (Å²) in [5.74, 6) is 1.31. The summed E-state index contributed by atoms with van der Waals surface area (Å²) in [7, 11) is 0. The lowest BCUT2D eigenvalue weighted by atomic mass is 9.99. The SMILES string of the molecule is Cc1ncc(CN2CC=C(c3ccccc3)CC2I)c(N)n1. The third-order valence-corrected chi connectivity index (χ3v) is 5.12. The summed E-state index contributed by atoms with van der Waals surface area (Å²) in [6, 6.07) is 10.6. The summed E-state index contributed by atoms with van der Waals surface area (Å²) >= 11 is 2.51. The summed E-state index contributed by atoms with van der Waals surface area (Å²) < 4.78 is 0.443. The van der Waals surface area contributed by atoms with Crippen molar-refractivity contribution in [2.45, 2.75) is 23.9 Å². The van der Waals surface area contributed by atoms with Gasteiger partial charge in [-0.1, -0.05) is 59.0 Å². The van der Waals surface area contributed by atoms with Gasteiger partial charge in [-0.3, -0.25) is 4.90 Å². The maximum Gasteiger partial charge on any atom is 0.131 e. The van der Waals surface area contributed by atoms with E-state index in [0.717, 1.165) is 30.9 Å². The van der Waals surface area contributed by atoms with Crippen molar-refractivity contribution < 1.29 is 0 Å². The first-order valence-electron chi connectivity index (χ1n) is 7.34. The molecule has 2 aromatic rings. The van der Waals surface area contributed by atoms with Gasteiger partial charge in [0.2, 0.25) is 0 Å². The fourth-order valence-electron chi connectivity index (χ4n) is 2.64. The molecule has 114 valence electrons. The van der Waals surface area contributed by atoms with Crippen LogP contribution >= 0.6 is 22.6 Å². The molecule has 0 radical (unpaired) electrons. The van der Waals surface area contributed by atoms with Crippen molar-refractivity contribution in [3.8, 4) is 0 Å².